The molecular weight excluding hydrogens is 324 g/mol. The largest absolute Gasteiger partial charge is 0.481 e. The van der Waals surface area contributed by atoms with E-state index < -0.39 is 27.7 Å². The van der Waals surface area contributed by atoms with E-state index in [1.54, 1.807) is 0 Å². The Morgan fingerprint density at radius 3 is 2.70 bits per heavy atom. The minimum atomic E-state index is -3.90. The molecule has 8 nitrogen and oxygen atoms in total. The number of oxazole rings is 1. The van der Waals surface area contributed by atoms with Crippen molar-refractivity contribution in [1.29, 1.82) is 0 Å². The van der Waals surface area contributed by atoms with Crippen LogP contribution in [0.1, 0.15) is 20.3 Å². The van der Waals surface area contributed by atoms with E-state index in [1.165, 1.54) is 18.2 Å². The fourth-order valence-electron chi connectivity index (χ4n) is 2.23. The van der Waals surface area contributed by atoms with Crippen LogP contribution in [0.2, 0.25) is 0 Å². The van der Waals surface area contributed by atoms with Crippen LogP contribution in [-0.2, 0) is 14.8 Å². The van der Waals surface area contributed by atoms with Gasteiger partial charge in [-0.05, 0) is 24.5 Å². The maximum atomic E-state index is 12.3. The molecule has 0 radical (unpaired) electrons. The normalized spacial score (nSPS) is 13.5. The first kappa shape index (κ1) is 17.2. The van der Waals surface area contributed by atoms with Gasteiger partial charge >= 0.3 is 11.7 Å². The number of aromatic nitrogens is 1. The summed E-state index contributed by atoms with van der Waals surface area (Å²) in [5.74, 6) is -2.40. The van der Waals surface area contributed by atoms with Crippen LogP contribution < -0.4 is 10.5 Å². The summed E-state index contributed by atoms with van der Waals surface area (Å²) >= 11 is 0. The molecule has 0 amide bonds. The molecule has 1 unspecified atom stereocenters. The summed E-state index contributed by atoms with van der Waals surface area (Å²) in [5, 5.41) is 9.14. The highest BCUT2D eigenvalue weighted by Gasteiger charge is 2.23. The number of hydrogen-bond donors (Lipinski definition) is 3. The molecule has 0 spiro atoms. The summed E-state index contributed by atoms with van der Waals surface area (Å²) in [5.41, 5.74) is 0.506. The van der Waals surface area contributed by atoms with E-state index in [0.717, 1.165) is 0 Å². The monoisotopic (exact) mass is 342 g/mol. The first-order valence-corrected chi connectivity index (χ1v) is 8.52. The standard InChI is InChI=1S/C14H18N2O6S/c1-8(2)5-9(13(17)18)7-15-23(20,21)10-3-4-11-12(6-10)22-14(19)16-11/h3-4,6,8-9,15H,5,7H2,1-2H3,(H,16,19)(H,17,18). The molecule has 0 saturated heterocycles. The van der Waals surface area contributed by atoms with Gasteiger partial charge in [0.25, 0.3) is 0 Å². The van der Waals surface area contributed by atoms with Crippen LogP contribution in [0.4, 0.5) is 0 Å². The number of aliphatic carboxylic acids is 1. The van der Waals surface area contributed by atoms with Gasteiger partial charge in [0.1, 0.15) is 0 Å². The van der Waals surface area contributed by atoms with Crippen LogP contribution >= 0.6 is 0 Å². The predicted octanol–water partition coefficient (Wildman–Crippen LogP) is 1.15. The molecule has 0 aliphatic rings. The molecule has 1 heterocycles. The smallest absolute Gasteiger partial charge is 0.417 e. The highest BCUT2D eigenvalue weighted by atomic mass is 32.2. The number of nitrogens with one attached hydrogen (secondary N) is 2. The van der Waals surface area contributed by atoms with E-state index in [2.05, 4.69) is 9.71 Å². The lowest BCUT2D eigenvalue weighted by molar-refractivity contribution is -0.142. The molecule has 1 aromatic heterocycles. The van der Waals surface area contributed by atoms with Gasteiger partial charge in [-0.25, -0.2) is 17.9 Å². The number of sulfonamides is 1. The molecule has 0 aliphatic heterocycles. The summed E-state index contributed by atoms with van der Waals surface area (Å²) in [7, 11) is -3.90. The van der Waals surface area contributed by atoms with Crippen LogP contribution in [0.25, 0.3) is 11.1 Å². The van der Waals surface area contributed by atoms with Gasteiger partial charge in [-0.3, -0.25) is 9.78 Å². The zero-order valence-corrected chi connectivity index (χ0v) is 13.5. The number of carbonyl (C=O) groups is 1. The van der Waals surface area contributed by atoms with Gasteiger partial charge in [-0.2, -0.15) is 0 Å². The molecule has 0 saturated carbocycles. The number of fused-ring (bicyclic) bond motifs is 1. The fraction of sp³-hybridized carbons (Fsp3) is 0.429. The molecule has 126 valence electrons. The predicted molar refractivity (Wildman–Crippen MR) is 82.6 cm³/mol. The summed E-state index contributed by atoms with van der Waals surface area (Å²) < 4.78 is 31.6. The number of carboxylic acid groups (broad SMARTS) is 1. The second-order valence-corrected chi connectivity index (χ2v) is 7.46. The Kier molecular flexibility index (Phi) is 4.90. The molecule has 0 aliphatic carbocycles. The van der Waals surface area contributed by atoms with Crippen LogP contribution in [0.15, 0.2) is 32.3 Å². The van der Waals surface area contributed by atoms with E-state index in [1.807, 2.05) is 13.8 Å². The minimum Gasteiger partial charge on any atom is -0.481 e. The summed E-state index contributed by atoms with van der Waals surface area (Å²) in [6.45, 7) is 3.53. The van der Waals surface area contributed by atoms with Crippen molar-refractivity contribution in [2.24, 2.45) is 11.8 Å². The molecule has 23 heavy (non-hydrogen) atoms. The Morgan fingerprint density at radius 1 is 1.39 bits per heavy atom. The first-order chi connectivity index (χ1) is 10.7. The van der Waals surface area contributed by atoms with E-state index >= 15 is 0 Å². The average molecular weight is 342 g/mol. The van der Waals surface area contributed by atoms with Gasteiger partial charge in [0, 0.05) is 12.6 Å². The minimum absolute atomic E-state index is 0.0959. The topological polar surface area (TPSA) is 129 Å². The molecule has 1 aromatic carbocycles. The van der Waals surface area contributed by atoms with Gasteiger partial charge in [0.05, 0.1) is 16.3 Å². The lowest BCUT2D eigenvalue weighted by Crippen LogP contribution is -2.33. The quantitative estimate of drug-likeness (QED) is 0.692. The summed E-state index contributed by atoms with van der Waals surface area (Å²) in [4.78, 5) is 24.6. The second-order valence-electron chi connectivity index (χ2n) is 5.69. The van der Waals surface area contributed by atoms with Gasteiger partial charge in [-0.1, -0.05) is 13.8 Å². The second kappa shape index (κ2) is 6.55. The molecule has 0 bridgehead atoms. The zero-order chi connectivity index (χ0) is 17.2. The highest BCUT2D eigenvalue weighted by molar-refractivity contribution is 7.89. The lowest BCUT2D eigenvalue weighted by Gasteiger charge is -2.15. The maximum absolute atomic E-state index is 12.3. The van der Waals surface area contributed by atoms with Crippen LogP contribution in [-0.4, -0.2) is 31.0 Å². The van der Waals surface area contributed by atoms with Crippen LogP contribution in [0.3, 0.4) is 0 Å². The number of benzene rings is 1. The Morgan fingerprint density at radius 2 is 2.09 bits per heavy atom. The third kappa shape index (κ3) is 4.20. The van der Waals surface area contributed by atoms with Crippen LogP contribution in [0.5, 0.6) is 0 Å². The van der Waals surface area contributed by atoms with Crippen molar-refractivity contribution in [3.63, 3.8) is 0 Å². The molecular formula is C14H18N2O6S. The maximum Gasteiger partial charge on any atom is 0.417 e. The van der Waals surface area contributed by atoms with Crippen molar-refractivity contribution < 1.29 is 22.7 Å². The van der Waals surface area contributed by atoms with E-state index in [4.69, 9.17) is 9.52 Å². The van der Waals surface area contributed by atoms with E-state index in [9.17, 15) is 18.0 Å². The third-order valence-corrected chi connectivity index (χ3v) is 4.75. The van der Waals surface area contributed by atoms with Gasteiger partial charge < -0.3 is 9.52 Å². The Hall–Kier alpha value is -2.13. The van der Waals surface area contributed by atoms with Gasteiger partial charge in [-0.15, -0.1) is 0 Å². The van der Waals surface area contributed by atoms with E-state index in [-0.39, 0.29) is 22.9 Å². The molecule has 9 heteroatoms. The molecule has 0 fully saturated rings. The highest BCUT2D eigenvalue weighted by Crippen LogP contribution is 2.17. The fourth-order valence-corrected chi connectivity index (χ4v) is 3.32. The van der Waals surface area contributed by atoms with E-state index in [0.29, 0.717) is 11.9 Å². The molecule has 3 N–H and O–H groups in total. The van der Waals surface area contributed by atoms with Crippen molar-refractivity contribution >= 4 is 27.1 Å². The first-order valence-electron chi connectivity index (χ1n) is 7.04. The van der Waals surface area contributed by atoms with Crippen molar-refractivity contribution in [3.05, 3.63) is 28.7 Å². The van der Waals surface area contributed by atoms with Crippen molar-refractivity contribution in [1.82, 2.24) is 9.71 Å². The number of carboxylic acids is 1. The molecule has 1 atom stereocenters. The van der Waals surface area contributed by atoms with Gasteiger partial charge in [0.2, 0.25) is 10.0 Å². The number of aromatic amines is 1. The number of H-pyrrole nitrogens is 1. The Labute approximate surface area is 132 Å². The van der Waals surface area contributed by atoms with Crippen LogP contribution in [0, 0.1) is 11.8 Å². The summed E-state index contributed by atoms with van der Waals surface area (Å²) in [6.07, 6.45) is 0.365. The number of rotatable bonds is 7. The molecule has 2 rings (SSSR count). The van der Waals surface area contributed by atoms with Crippen molar-refractivity contribution in [2.75, 3.05) is 6.54 Å². The lowest BCUT2D eigenvalue weighted by atomic mass is 9.98. The number of hydrogen-bond acceptors (Lipinski definition) is 5. The molecule has 2 aromatic rings. The van der Waals surface area contributed by atoms with Crippen molar-refractivity contribution in [3.8, 4) is 0 Å². The van der Waals surface area contributed by atoms with Crippen molar-refractivity contribution in [2.45, 2.75) is 25.2 Å². The Balaban J connectivity index is 2.19. The van der Waals surface area contributed by atoms with Gasteiger partial charge in [0.15, 0.2) is 5.58 Å². The summed E-state index contributed by atoms with van der Waals surface area (Å²) in [6, 6.07) is 3.94. The zero-order valence-electron chi connectivity index (χ0n) is 12.7. The SMILES string of the molecule is CC(C)CC(CNS(=O)(=O)c1ccc2[nH]c(=O)oc2c1)C(=O)O. The average Bonchev–Trinajstić information content (AvgIpc) is 2.81. The Bertz CT molecular complexity index is 865. The third-order valence-electron chi connectivity index (χ3n) is 3.33.